The van der Waals surface area contributed by atoms with Gasteiger partial charge in [-0.05, 0) is 25.1 Å². The fraction of sp³-hybridized carbons (Fsp3) is 0.214. The zero-order chi connectivity index (χ0) is 14.8. The highest BCUT2D eigenvalue weighted by Crippen LogP contribution is 2.19. The summed E-state index contributed by atoms with van der Waals surface area (Å²) in [5.74, 6) is 0.402. The summed E-state index contributed by atoms with van der Waals surface area (Å²) >= 11 is 1.47. The Morgan fingerprint density at radius 2 is 2.38 bits per heavy atom. The number of rotatable bonds is 4. The molecule has 0 aliphatic carbocycles. The second-order valence-corrected chi connectivity index (χ2v) is 5.84. The smallest absolute Gasteiger partial charge is 0.262 e. The number of aromatic nitrogens is 2. The van der Waals surface area contributed by atoms with Crippen LogP contribution < -0.4 is 10.9 Å². The summed E-state index contributed by atoms with van der Waals surface area (Å²) in [6.45, 7) is 2.16. The Bertz CT molecular complexity index is 833. The van der Waals surface area contributed by atoms with Gasteiger partial charge in [0, 0.05) is 4.88 Å². The van der Waals surface area contributed by atoms with Gasteiger partial charge in [0.15, 0.2) is 0 Å². The fourth-order valence-electron chi connectivity index (χ4n) is 2.00. The molecular weight excluding hydrogens is 290 g/mol. The lowest BCUT2D eigenvalue weighted by Gasteiger charge is -2.05. The number of thiophene rings is 1. The van der Waals surface area contributed by atoms with Crippen LogP contribution in [0.15, 0.2) is 40.0 Å². The van der Waals surface area contributed by atoms with E-state index in [-0.39, 0.29) is 18.0 Å². The Balaban J connectivity index is 1.73. The van der Waals surface area contributed by atoms with Gasteiger partial charge < -0.3 is 9.73 Å². The molecular formula is C14H13N3O3S. The van der Waals surface area contributed by atoms with Crippen LogP contribution in [0.3, 0.4) is 0 Å². The molecule has 3 aromatic rings. The van der Waals surface area contributed by atoms with Crippen LogP contribution in [0.1, 0.15) is 10.6 Å². The third kappa shape index (κ3) is 2.87. The lowest BCUT2D eigenvalue weighted by Crippen LogP contribution is -2.31. The predicted octanol–water partition coefficient (Wildman–Crippen LogP) is 1.68. The van der Waals surface area contributed by atoms with Gasteiger partial charge in [0.25, 0.3) is 5.56 Å². The lowest BCUT2D eigenvalue weighted by molar-refractivity contribution is -0.121. The van der Waals surface area contributed by atoms with E-state index >= 15 is 0 Å². The second-order valence-electron chi connectivity index (χ2n) is 4.61. The second kappa shape index (κ2) is 5.53. The minimum Gasteiger partial charge on any atom is -0.467 e. The summed E-state index contributed by atoms with van der Waals surface area (Å²) in [7, 11) is 0. The van der Waals surface area contributed by atoms with Crippen LogP contribution in [0.5, 0.6) is 0 Å². The molecule has 0 bridgehead atoms. The standard InChI is InChI=1S/C14H13N3O3S/c1-9-5-11-13(21-9)16-8-17(14(11)19)7-12(18)15-6-10-3-2-4-20-10/h2-5,8H,6-7H2,1H3,(H,15,18). The van der Waals surface area contributed by atoms with E-state index in [0.717, 1.165) is 4.88 Å². The molecule has 0 aromatic carbocycles. The molecule has 7 heteroatoms. The van der Waals surface area contributed by atoms with Crippen LogP contribution >= 0.6 is 11.3 Å². The van der Waals surface area contributed by atoms with E-state index in [9.17, 15) is 9.59 Å². The molecule has 0 saturated carbocycles. The van der Waals surface area contributed by atoms with Gasteiger partial charge in [-0.3, -0.25) is 14.2 Å². The molecule has 0 fully saturated rings. The topological polar surface area (TPSA) is 77.1 Å². The van der Waals surface area contributed by atoms with Gasteiger partial charge >= 0.3 is 0 Å². The molecule has 0 aliphatic rings. The quantitative estimate of drug-likeness (QED) is 0.795. The molecule has 0 atom stereocenters. The molecule has 0 spiro atoms. The average Bonchev–Trinajstić information content (AvgIpc) is 3.09. The van der Waals surface area contributed by atoms with Crippen LogP contribution in [0.2, 0.25) is 0 Å². The van der Waals surface area contributed by atoms with Crippen molar-refractivity contribution in [1.82, 2.24) is 14.9 Å². The van der Waals surface area contributed by atoms with Crippen LogP contribution in [-0.4, -0.2) is 15.5 Å². The first-order valence-electron chi connectivity index (χ1n) is 6.38. The van der Waals surface area contributed by atoms with Crippen LogP contribution in [0.25, 0.3) is 10.2 Å². The molecule has 0 radical (unpaired) electrons. The highest BCUT2D eigenvalue weighted by atomic mass is 32.1. The minimum atomic E-state index is -0.262. The molecule has 3 aromatic heterocycles. The van der Waals surface area contributed by atoms with Gasteiger partial charge in [-0.15, -0.1) is 11.3 Å². The average molecular weight is 303 g/mol. The maximum atomic E-state index is 12.2. The Morgan fingerprint density at radius 1 is 1.52 bits per heavy atom. The molecule has 108 valence electrons. The first-order valence-corrected chi connectivity index (χ1v) is 7.20. The number of hydrogen-bond donors (Lipinski definition) is 1. The monoisotopic (exact) mass is 303 g/mol. The van der Waals surface area contributed by atoms with Gasteiger partial charge in [0.1, 0.15) is 17.1 Å². The third-order valence-electron chi connectivity index (χ3n) is 3.00. The van der Waals surface area contributed by atoms with Crippen molar-refractivity contribution in [3.8, 4) is 0 Å². The Labute approximate surface area is 124 Å². The maximum Gasteiger partial charge on any atom is 0.262 e. The van der Waals surface area contributed by atoms with Gasteiger partial charge in [-0.25, -0.2) is 4.98 Å². The number of amides is 1. The van der Waals surface area contributed by atoms with Crippen LogP contribution in [0, 0.1) is 6.92 Å². The molecule has 6 nitrogen and oxygen atoms in total. The van der Waals surface area contributed by atoms with Crippen molar-refractivity contribution in [3.63, 3.8) is 0 Å². The summed E-state index contributed by atoms with van der Waals surface area (Å²) in [4.78, 5) is 30.0. The first kappa shape index (κ1) is 13.6. The number of fused-ring (bicyclic) bond motifs is 1. The molecule has 1 amide bonds. The van der Waals surface area contributed by atoms with Crippen molar-refractivity contribution in [3.05, 3.63) is 51.8 Å². The van der Waals surface area contributed by atoms with Crippen molar-refractivity contribution in [1.29, 1.82) is 0 Å². The number of carbonyl (C=O) groups is 1. The lowest BCUT2D eigenvalue weighted by atomic mass is 10.3. The summed E-state index contributed by atoms with van der Waals surface area (Å²) in [5, 5.41) is 3.25. The summed E-state index contributed by atoms with van der Waals surface area (Å²) in [6, 6.07) is 5.32. The number of hydrogen-bond acceptors (Lipinski definition) is 5. The van der Waals surface area contributed by atoms with Crippen LogP contribution in [-0.2, 0) is 17.9 Å². The molecule has 21 heavy (non-hydrogen) atoms. The normalized spacial score (nSPS) is 10.9. The number of furan rings is 1. The van der Waals surface area contributed by atoms with Gasteiger partial charge in [-0.2, -0.15) is 0 Å². The van der Waals surface area contributed by atoms with Crippen LogP contribution in [0.4, 0.5) is 0 Å². The first-order chi connectivity index (χ1) is 10.1. The number of carbonyl (C=O) groups excluding carboxylic acids is 1. The fourth-order valence-corrected chi connectivity index (χ4v) is 2.84. The number of nitrogens with zero attached hydrogens (tertiary/aromatic N) is 2. The molecule has 1 N–H and O–H groups in total. The van der Waals surface area contributed by atoms with Crippen molar-refractivity contribution >= 4 is 27.5 Å². The highest BCUT2D eigenvalue weighted by molar-refractivity contribution is 7.18. The van der Waals surface area contributed by atoms with Crippen molar-refractivity contribution in [2.45, 2.75) is 20.0 Å². The SMILES string of the molecule is Cc1cc2c(=O)n(CC(=O)NCc3ccco3)cnc2s1. The molecule has 0 unspecified atom stereocenters. The largest absolute Gasteiger partial charge is 0.467 e. The maximum absolute atomic E-state index is 12.2. The van der Waals surface area contributed by atoms with E-state index in [0.29, 0.717) is 22.5 Å². The molecule has 0 aliphatic heterocycles. The Hall–Kier alpha value is -2.41. The van der Waals surface area contributed by atoms with Crippen molar-refractivity contribution in [2.75, 3.05) is 0 Å². The van der Waals surface area contributed by atoms with E-state index in [2.05, 4.69) is 10.3 Å². The summed E-state index contributed by atoms with van der Waals surface area (Å²) in [5.41, 5.74) is -0.197. The highest BCUT2D eigenvalue weighted by Gasteiger charge is 2.10. The van der Waals surface area contributed by atoms with Crippen molar-refractivity contribution in [2.24, 2.45) is 0 Å². The number of nitrogens with one attached hydrogen (secondary N) is 1. The van der Waals surface area contributed by atoms with E-state index < -0.39 is 0 Å². The van der Waals surface area contributed by atoms with Gasteiger partial charge in [0.05, 0.1) is 24.5 Å². The summed E-state index contributed by atoms with van der Waals surface area (Å²) in [6.07, 6.45) is 2.95. The third-order valence-corrected chi connectivity index (χ3v) is 3.95. The Kier molecular flexibility index (Phi) is 3.57. The zero-order valence-corrected chi connectivity index (χ0v) is 12.1. The zero-order valence-electron chi connectivity index (χ0n) is 11.3. The van der Waals surface area contributed by atoms with E-state index in [1.165, 1.54) is 22.2 Å². The van der Waals surface area contributed by atoms with E-state index in [1.54, 1.807) is 24.5 Å². The van der Waals surface area contributed by atoms with Gasteiger partial charge in [0.2, 0.25) is 5.91 Å². The molecule has 3 rings (SSSR count). The number of aryl methyl sites for hydroxylation is 1. The summed E-state index contributed by atoms with van der Waals surface area (Å²) < 4.78 is 6.44. The van der Waals surface area contributed by atoms with E-state index in [1.807, 2.05) is 6.92 Å². The molecule has 0 saturated heterocycles. The molecule has 3 heterocycles. The van der Waals surface area contributed by atoms with Crippen molar-refractivity contribution < 1.29 is 9.21 Å². The Morgan fingerprint density at radius 3 is 3.14 bits per heavy atom. The van der Waals surface area contributed by atoms with E-state index in [4.69, 9.17) is 4.42 Å². The minimum absolute atomic E-state index is 0.0582. The predicted molar refractivity (Wildman–Crippen MR) is 79.2 cm³/mol. The van der Waals surface area contributed by atoms with Gasteiger partial charge in [-0.1, -0.05) is 0 Å².